The SMILES string of the molecule is COC(=O)CCC#Cc1cc(C#N)ccc1N.N#Cc1ccc(N)c(I)c1. The van der Waals surface area contributed by atoms with Crippen LogP contribution in [-0.4, -0.2) is 13.1 Å². The Morgan fingerprint density at radius 1 is 1.07 bits per heavy atom. The Bertz CT molecular complexity index is 963. The van der Waals surface area contributed by atoms with Gasteiger partial charge >= 0.3 is 5.97 Å². The van der Waals surface area contributed by atoms with E-state index in [0.29, 0.717) is 28.8 Å². The number of carbonyl (C=O) groups excluding carboxylic acids is 1. The van der Waals surface area contributed by atoms with E-state index >= 15 is 0 Å². The maximum Gasteiger partial charge on any atom is 0.306 e. The molecule has 0 unspecified atom stereocenters. The monoisotopic (exact) mass is 472 g/mol. The van der Waals surface area contributed by atoms with E-state index < -0.39 is 0 Å². The van der Waals surface area contributed by atoms with Gasteiger partial charge < -0.3 is 16.2 Å². The highest BCUT2D eigenvalue weighted by Crippen LogP contribution is 2.15. The van der Waals surface area contributed by atoms with Crippen molar-refractivity contribution in [2.24, 2.45) is 0 Å². The molecule has 0 spiro atoms. The number of methoxy groups -OCH3 is 1. The van der Waals surface area contributed by atoms with Crippen molar-refractivity contribution < 1.29 is 9.53 Å². The quantitative estimate of drug-likeness (QED) is 0.299. The molecule has 27 heavy (non-hydrogen) atoms. The van der Waals surface area contributed by atoms with Crippen LogP contribution in [0.3, 0.4) is 0 Å². The van der Waals surface area contributed by atoms with Gasteiger partial charge in [-0.3, -0.25) is 4.79 Å². The van der Waals surface area contributed by atoms with Gasteiger partial charge in [0.1, 0.15) is 0 Å². The Balaban J connectivity index is 0.000000309. The van der Waals surface area contributed by atoms with Crippen LogP contribution in [0.2, 0.25) is 0 Å². The van der Waals surface area contributed by atoms with Crippen molar-refractivity contribution in [2.45, 2.75) is 12.8 Å². The minimum atomic E-state index is -0.293. The summed E-state index contributed by atoms with van der Waals surface area (Å²) in [5.74, 6) is 5.36. The van der Waals surface area contributed by atoms with Crippen molar-refractivity contribution in [1.29, 1.82) is 10.5 Å². The summed E-state index contributed by atoms with van der Waals surface area (Å²) < 4.78 is 5.42. The van der Waals surface area contributed by atoms with Gasteiger partial charge in [-0.15, -0.1) is 0 Å². The van der Waals surface area contributed by atoms with Gasteiger partial charge in [-0.1, -0.05) is 11.8 Å². The lowest BCUT2D eigenvalue weighted by molar-refractivity contribution is -0.140. The summed E-state index contributed by atoms with van der Waals surface area (Å²) in [6.07, 6.45) is 0.657. The number of esters is 1. The molecule has 4 N–H and O–H groups in total. The van der Waals surface area contributed by atoms with Crippen molar-refractivity contribution in [3.05, 3.63) is 56.7 Å². The molecule has 7 heteroatoms. The highest BCUT2D eigenvalue weighted by molar-refractivity contribution is 14.1. The number of rotatable bonds is 2. The molecule has 0 bridgehead atoms. The predicted octanol–water partition coefficient (Wildman–Crippen LogP) is 3.19. The number of hydrogen-bond donors (Lipinski definition) is 2. The lowest BCUT2D eigenvalue weighted by Crippen LogP contribution is -1.98. The fourth-order valence-electron chi connectivity index (χ4n) is 1.76. The van der Waals surface area contributed by atoms with Gasteiger partial charge in [-0.25, -0.2) is 0 Å². The van der Waals surface area contributed by atoms with Crippen LogP contribution < -0.4 is 11.5 Å². The summed E-state index contributed by atoms with van der Waals surface area (Å²) in [5.41, 5.74) is 14.2. The summed E-state index contributed by atoms with van der Waals surface area (Å²) in [6, 6.07) is 14.2. The Hall–Kier alpha value is -3.22. The first-order valence-electron chi connectivity index (χ1n) is 7.71. The number of nitrogens with zero attached hydrogens (tertiary/aromatic N) is 2. The van der Waals surface area contributed by atoms with E-state index in [1.807, 2.05) is 12.1 Å². The van der Waals surface area contributed by atoms with Crippen molar-refractivity contribution in [2.75, 3.05) is 18.6 Å². The van der Waals surface area contributed by atoms with Gasteiger partial charge in [-0.05, 0) is 59.0 Å². The van der Waals surface area contributed by atoms with Crippen LogP contribution in [0.25, 0.3) is 0 Å². The fourth-order valence-corrected chi connectivity index (χ4v) is 2.27. The molecular weight excluding hydrogens is 455 g/mol. The third kappa shape index (κ3) is 7.68. The van der Waals surface area contributed by atoms with Crippen LogP contribution in [0.1, 0.15) is 29.5 Å². The smallest absolute Gasteiger partial charge is 0.306 e. The molecule has 2 aromatic carbocycles. The van der Waals surface area contributed by atoms with Gasteiger partial charge in [0.05, 0.1) is 36.8 Å². The first-order chi connectivity index (χ1) is 12.9. The number of nitrogen functional groups attached to an aromatic ring is 2. The number of anilines is 2. The van der Waals surface area contributed by atoms with Crippen LogP contribution >= 0.6 is 22.6 Å². The maximum atomic E-state index is 10.8. The number of nitrogens with two attached hydrogens (primary N) is 2. The molecule has 0 heterocycles. The molecule has 0 saturated heterocycles. The molecule has 0 amide bonds. The van der Waals surface area contributed by atoms with E-state index in [0.717, 1.165) is 9.26 Å². The first kappa shape index (κ1) is 21.8. The number of nitriles is 2. The summed E-state index contributed by atoms with van der Waals surface area (Å²) >= 11 is 2.10. The van der Waals surface area contributed by atoms with E-state index in [9.17, 15) is 4.79 Å². The Morgan fingerprint density at radius 3 is 2.22 bits per heavy atom. The second-order valence-electron chi connectivity index (χ2n) is 5.14. The molecule has 0 aliphatic carbocycles. The molecule has 0 saturated carbocycles. The lowest BCUT2D eigenvalue weighted by atomic mass is 10.1. The zero-order chi connectivity index (χ0) is 20.2. The maximum absolute atomic E-state index is 10.8. The normalized spacial score (nSPS) is 8.74. The van der Waals surface area contributed by atoms with E-state index in [4.69, 9.17) is 22.0 Å². The highest BCUT2D eigenvalue weighted by Gasteiger charge is 1.99. The van der Waals surface area contributed by atoms with Crippen LogP contribution in [0.5, 0.6) is 0 Å². The number of benzene rings is 2. The molecule has 0 fully saturated rings. The Labute approximate surface area is 171 Å². The molecule has 136 valence electrons. The zero-order valence-electron chi connectivity index (χ0n) is 14.6. The Kier molecular flexibility index (Phi) is 9.22. The van der Waals surface area contributed by atoms with Gasteiger partial charge in [0.25, 0.3) is 0 Å². The van der Waals surface area contributed by atoms with Crippen molar-refractivity contribution in [3.8, 4) is 24.0 Å². The van der Waals surface area contributed by atoms with E-state index in [2.05, 4.69) is 39.2 Å². The molecule has 2 aromatic rings. The van der Waals surface area contributed by atoms with Crippen molar-refractivity contribution in [3.63, 3.8) is 0 Å². The third-order valence-corrected chi connectivity index (χ3v) is 4.15. The molecule has 0 aromatic heterocycles. The molecule has 0 aliphatic heterocycles. The predicted molar refractivity (Wildman–Crippen MR) is 112 cm³/mol. The largest absolute Gasteiger partial charge is 0.469 e. The number of ether oxygens (including phenoxy) is 1. The zero-order valence-corrected chi connectivity index (χ0v) is 16.8. The second-order valence-corrected chi connectivity index (χ2v) is 6.30. The summed E-state index contributed by atoms with van der Waals surface area (Å²) in [7, 11) is 1.34. The van der Waals surface area contributed by atoms with Crippen molar-refractivity contribution in [1.82, 2.24) is 0 Å². The van der Waals surface area contributed by atoms with Crippen LogP contribution in [0.4, 0.5) is 11.4 Å². The van der Waals surface area contributed by atoms with E-state index in [1.165, 1.54) is 7.11 Å². The number of halogens is 1. The van der Waals surface area contributed by atoms with Crippen molar-refractivity contribution >= 4 is 39.9 Å². The molecular formula is C20H17IN4O2. The highest BCUT2D eigenvalue weighted by atomic mass is 127. The van der Waals surface area contributed by atoms with Crippen LogP contribution in [-0.2, 0) is 9.53 Å². The van der Waals surface area contributed by atoms with Crippen LogP contribution in [0, 0.1) is 38.1 Å². The number of carbonyl (C=O) groups is 1. The topological polar surface area (TPSA) is 126 Å². The first-order valence-corrected chi connectivity index (χ1v) is 8.79. The molecule has 0 atom stereocenters. The minimum Gasteiger partial charge on any atom is -0.469 e. The van der Waals surface area contributed by atoms with Crippen LogP contribution in [0.15, 0.2) is 36.4 Å². The third-order valence-electron chi connectivity index (χ3n) is 3.22. The van der Waals surface area contributed by atoms with E-state index in [1.54, 1.807) is 36.4 Å². The van der Waals surface area contributed by atoms with Gasteiger partial charge in [0, 0.05) is 26.9 Å². The lowest BCUT2D eigenvalue weighted by Gasteiger charge is -1.97. The Morgan fingerprint density at radius 2 is 1.67 bits per heavy atom. The van der Waals surface area contributed by atoms with Gasteiger partial charge in [0.15, 0.2) is 0 Å². The summed E-state index contributed by atoms with van der Waals surface area (Å²) in [4.78, 5) is 10.8. The van der Waals surface area contributed by atoms with E-state index in [-0.39, 0.29) is 12.4 Å². The molecule has 6 nitrogen and oxygen atoms in total. The van der Waals surface area contributed by atoms with Gasteiger partial charge in [-0.2, -0.15) is 10.5 Å². The molecule has 0 aliphatic rings. The number of hydrogen-bond acceptors (Lipinski definition) is 6. The standard InChI is InChI=1S/C13H12N2O2.C7H5IN2/c1-17-13(16)5-3-2-4-11-8-10(9-14)6-7-12(11)15;8-6-3-5(4-9)1-2-7(6)10/h6-8H,3,5,15H2,1H3;1-3H,10H2. The minimum absolute atomic E-state index is 0.251. The fraction of sp³-hybridized carbons (Fsp3) is 0.150. The average Bonchev–Trinajstić information content (AvgIpc) is 2.68. The second kappa shape index (κ2) is 11.4. The van der Waals surface area contributed by atoms with Gasteiger partial charge in [0.2, 0.25) is 0 Å². The summed E-state index contributed by atoms with van der Waals surface area (Å²) in [5, 5.41) is 17.2. The molecule has 2 rings (SSSR count). The molecule has 0 radical (unpaired) electrons. The average molecular weight is 472 g/mol. The summed E-state index contributed by atoms with van der Waals surface area (Å²) in [6.45, 7) is 0.